The quantitative estimate of drug-likeness (QED) is 0.613. The molecule has 0 radical (unpaired) electrons. The van der Waals surface area contributed by atoms with Gasteiger partial charge in [0, 0.05) is 28.4 Å². The van der Waals surface area contributed by atoms with Crippen LogP contribution >= 0.6 is 11.3 Å². The number of carbonyl (C=O) groups excluding carboxylic acids is 1. The Balaban J connectivity index is 1.46. The average molecular weight is 348 g/mol. The number of hydrogen-bond acceptors (Lipinski definition) is 6. The largest absolute Gasteiger partial charge is 0.322 e. The van der Waals surface area contributed by atoms with Crippen molar-refractivity contribution in [3.63, 3.8) is 0 Å². The lowest BCUT2D eigenvalue weighted by Gasteiger charge is -2.07. The molecule has 0 saturated heterocycles. The fraction of sp³-hybridized carbons (Fsp3) is 0. The number of nitrogens with one attached hydrogen (secondary N) is 1. The van der Waals surface area contributed by atoms with Crippen molar-refractivity contribution < 1.29 is 4.79 Å². The number of thiazole rings is 1. The minimum absolute atomic E-state index is 0.176. The van der Waals surface area contributed by atoms with Crippen LogP contribution in [0.3, 0.4) is 0 Å². The standard InChI is InChI=1S/C17H12N6OS/c24-16(12-3-7-15(8-4-12)23-11-19-21-22-23)20-14-5-1-13(2-6-14)17-18-9-10-25-17/h1-11H,(H,20,24). The molecule has 1 N–H and O–H groups in total. The van der Waals surface area contributed by atoms with E-state index in [9.17, 15) is 4.79 Å². The number of hydrogen-bond donors (Lipinski definition) is 1. The Morgan fingerprint density at radius 1 is 1.04 bits per heavy atom. The Morgan fingerprint density at radius 2 is 1.84 bits per heavy atom. The van der Waals surface area contributed by atoms with E-state index in [2.05, 4.69) is 25.8 Å². The van der Waals surface area contributed by atoms with Gasteiger partial charge in [0.15, 0.2) is 0 Å². The highest BCUT2D eigenvalue weighted by atomic mass is 32.1. The highest BCUT2D eigenvalue weighted by Gasteiger charge is 2.08. The van der Waals surface area contributed by atoms with Gasteiger partial charge < -0.3 is 5.32 Å². The lowest BCUT2D eigenvalue weighted by molar-refractivity contribution is 0.102. The number of tetrazole rings is 1. The predicted molar refractivity (Wildman–Crippen MR) is 94.7 cm³/mol. The summed E-state index contributed by atoms with van der Waals surface area (Å²) in [6.07, 6.45) is 3.27. The van der Waals surface area contributed by atoms with Gasteiger partial charge in [0.2, 0.25) is 0 Å². The normalized spacial score (nSPS) is 10.6. The van der Waals surface area contributed by atoms with Crippen molar-refractivity contribution in [1.29, 1.82) is 0 Å². The van der Waals surface area contributed by atoms with E-state index in [1.807, 2.05) is 29.6 Å². The summed E-state index contributed by atoms with van der Waals surface area (Å²) in [7, 11) is 0. The molecule has 1 amide bonds. The molecule has 0 unspecified atom stereocenters. The van der Waals surface area contributed by atoms with E-state index >= 15 is 0 Å². The van der Waals surface area contributed by atoms with Gasteiger partial charge in [0.25, 0.3) is 5.91 Å². The maximum atomic E-state index is 12.4. The second kappa shape index (κ2) is 6.62. The van der Waals surface area contributed by atoms with E-state index < -0.39 is 0 Å². The lowest BCUT2D eigenvalue weighted by atomic mass is 10.1. The van der Waals surface area contributed by atoms with Crippen LogP contribution in [-0.2, 0) is 0 Å². The van der Waals surface area contributed by atoms with Crippen LogP contribution < -0.4 is 5.32 Å². The van der Waals surface area contributed by atoms with Crippen molar-refractivity contribution >= 4 is 22.9 Å². The molecular formula is C17H12N6OS. The Bertz CT molecular complexity index is 963. The molecule has 4 aromatic rings. The van der Waals surface area contributed by atoms with Crippen molar-refractivity contribution in [1.82, 2.24) is 25.2 Å². The second-order valence-corrected chi connectivity index (χ2v) is 6.06. The van der Waals surface area contributed by atoms with Gasteiger partial charge in [-0.15, -0.1) is 16.4 Å². The lowest BCUT2D eigenvalue weighted by Crippen LogP contribution is -2.11. The number of rotatable bonds is 4. The first kappa shape index (κ1) is 15.2. The molecule has 0 spiro atoms. The van der Waals surface area contributed by atoms with E-state index in [-0.39, 0.29) is 5.91 Å². The molecule has 0 atom stereocenters. The number of benzene rings is 2. The van der Waals surface area contributed by atoms with E-state index in [0.717, 1.165) is 21.9 Å². The Morgan fingerprint density at radius 3 is 2.48 bits per heavy atom. The Hall–Kier alpha value is -3.39. The molecule has 0 aliphatic heterocycles. The molecule has 2 heterocycles. The van der Waals surface area contributed by atoms with Gasteiger partial charge in [-0.05, 0) is 59.0 Å². The Labute approximate surface area is 147 Å². The average Bonchev–Trinajstić information content (AvgIpc) is 3.36. The molecule has 2 aromatic carbocycles. The van der Waals surface area contributed by atoms with Crippen molar-refractivity contribution in [2.75, 3.05) is 5.32 Å². The first-order valence-corrected chi connectivity index (χ1v) is 8.32. The third kappa shape index (κ3) is 3.29. The monoisotopic (exact) mass is 348 g/mol. The fourth-order valence-corrected chi connectivity index (χ4v) is 2.96. The van der Waals surface area contributed by atoms with Crippen LogP contribution in [0.1, 0.15) is 10.4 Å². The SMILES string of the molecule is O=C(Nc1ccc(-c2nccs2)cc1)c1ccc(-n2cnnn2)cc1. The number of anilines is 1. The molecule has 25 heavy (non-hydrogen) atoms. The summed E-state index contributed by atoms with van der Waals surface area (Å²) in [4.78, 5) is 16.6. The summed E-state index contributed by atoms with van der Waals surface area (Å²) in [5.74, 6) is -0.176. The molecule has 8 heteroatoms. The number of aromatic nitrogens is 5. The highest BCUT2D eigenvalue weighted by Crippen LogP contribution is 2.23. The summed E-state index contributed by atoms with van der Waals surface area (Å²) in [6.45, 7) is 0. The molecule has 0 aliphatic carbocycles. The van der Waals surface area contributed by atoms with Crippen LogP contribution in [-0.4, -0.2) is 31.1 Å². The van der Waals surface area contributed by atoms with Crippen LogP contribution in [0.2, 0.25) is 0 Å². The van der Waals surface area contributed by atoms with Crippen molar-refractivity contribution in [3.05, 3.63) is 72.0 Å². The maximum Gasteiger partial charge on any atom is 0.255 e. The van der Waals surface area contributed by atoms with Crippen LogP contribution in [0.4, 0.5) is 5.69 Å². The van der Waals surface area contributed by atoms with Crippen LogP contribution in [0.5, 0.6) is 0 Å². The summed E-state index contributed by atoms with van der Waals surface area (Å²) >= 11 is 1.58. The van der Waals surface area contributed by atoms with Gasteiger partial charge in [0.05, 0.1) is 5.69 Å². The zero-order valence-electron chi connectivity index (χ0n) is 12.9. The molecule has 0 bridgehead atoms. The fourth-order valence-electron chi connectivity index (χ4n) is 2.31. The molecule has 0 saturated carbocycles. The third-order valence-electron chi connectivity index (χ3n) is 3.57. The van der Waals surface area contributed by atoms with Crippen molar-refractivity contribution in [3.8, 4) is 16.3 Å². The van der Waals surface area contributed by atoms with Crippen LogP contribution in [0.15, 0.2) is 66.4 Å². The third-order valence-corrected chi connectivity index (χ3v) is 4.39. The molecular weight excluding hydrogens is 336 g/mol. The van der Waals surface area contributed by atoms with E-state index in [4.69, 9.17) is 0 Å². The van der Waals surface area contributed by atoms with Crippen LogP contribution in [0.25, 0.3) is 16.3 Å². The van der Waals surface area contributed by atoms with Crippen molar-refractivity contribution in [2.45, 2.75) is 0 Å². The zero-order valence-corrected chi connectivity index (χ0v) is 13.7. The smallest absolute Gasteiger partial charge is 0.255 e. The molecule has 4 rings (SSSR count). The number of nitrogens with zero attached hydrogens (tertiary/aromatic N) is 5. The van der Waals surface area contributed by atoms with Gasteiger partial charge in [-0.3, -0.25) is 4.79 Å². The summed E-state index contributed by atoms with van der Waals surface area (Å²) in [5.41, 5.74) is 3.10. The minimum Gasteiger partial charge on any atom is -0.322 e. The minimum atomic E-state index is -0.176. The molecule has 0 fully saturated rings. The number of carbonyl (C=O) groups is 1. The summed E-state index contributed by atoms with van der Waals surface area (Å²) < 4.78 is 1.53. The molecule has 0 aliphatic rings. The topological polar surface area (TPSA) is 85.6 Å². The van der Waals surface area contributed by atoms with Gasteiger partial charge in [-0.1, -0.05) is 0 Å². The zero-order chi connectivity index (χ0) is 17.1. The first-order valence-electron chi connectivity index (χ1n) is 7.44. The maximum absolute atomic E-state index is 12.4. The molecule has 7 nitrogen and oxygen atoms in total. The van der Waals surface area contributed by atoms with E-state index in [0.29, 0.717) is 5.56 Å². The Kier molecular flexibility index (Phi) is 4.01. The first-order chi connectivity index (χ1) is 12.3. The van der Waals surface area contributed by atoms with Gasteiger partial charge >= 0.3 is 0 Å². The van der Waals surface area contributed by atoms with Gasteiger partial charge in [0.1, 0.15) is 11.3 Å². The van der Waals surface area contributed by atoms with Gasteiger partial charge in [-0.2, -0.15) is 0 Å². The van der Waals surface area contributed by atoms with E-state index in [1.54, 1.807) is 41.8 Å². The summed E-state index contributed by atoms with van der Waals surface area (Å²) in [5, 5.41) is 16.8. The second-order valence-electron chi connectivity index (χ2n) is 5.17. The van der Waals surface area contributed by atoms with Gasteiger partial charge in [-0.25, -0.2) is 9.67 Å². The highest BCUT2D eigenvalue weighted by molar-refractivity contribution is 7.13. The van der Waals surface area contributed by atoms with E-state index in [1.165, 1.54) is 11.0 Å². The molecule has 2 aromatic heterocycles. The molecule has 122 valence electrons. The number of amides is 1. The predicted octanol–water partition coefficient (Wildman–Crippen LogP) is 3.04. The summed E-state index contributed by atoms with van der Waals surface area (Å²) in [6, 6.07) is 14.7. The van der Waals surface area contributed by atoms with Crippen molar-refractivity contribution in [2.24, 2.45) is 0 Å². The van der Waals surface area contributed by atoms with Crippen LogP contribution in [0, 0.1) is 0 Å².